The first-order chi connectivity index (χ1) is 9.62. The molecule has 20 heavy (non-hydrogen) atoms. The average Bonchev–Trinajstić information content (AvgIpc) is 3.28. The van der Waals surface area contributed by atoms with E-state index < -0.39 is 0 Å². The Kier molecular flexibility index (Phi) is 5.88. The van der Waals surface area contributed by atoms with Crippen LogP contribution in [0, 0.1) is 5.41 Å². The van der Waals surface area contributed by atoms with Crippen molar-refractivity contribution in [1.82, 2.24) is 10.2 Å². The third-order valence-corrected chi connectivity index (χ3v) is 5.43. The maximum atomic E-state index is 5.84. The Morgan fingerprint density at radius 2 is 1.90 bits per heavy atom. The Morgan fingerprint density at radius 1 is 1.20 bits per heavy atom. The highest BCUT2D eigenvalue weighted by Crippen LogP contribution is 2.31. The lowest BCUT2D eigenvalue weighted by molar-refractivity contribution is -0.0702. The standard InChI is InChI=1S/C17H34N2O/c1-5-16-11-20-14(4)10-19(16)13-17(6-2,7-3)12-18-15-8-9-15/h14-16,18H,5-13H2,1-4H3. The van der Waals surface area contributed by atoms with Crippen molar-refractivity contribution < 1.29 is 4.74 Å². The number of rotatable bonds is 8. The summed E-state index contributed by atoms with van der Waals surface area (Å²) in [5, 5.41) is 3.78. The van der Waals surface area contributed by atoms with Crippen molar-refractivity contribution in [2.75, 3.05) is 26.2 Å². The molecule has 2 unspecified atom stereocenters. The van der Waals surface area contributed by atoms with E-state index in [0.29, 0.717) is 17.6 Å². The number of morpholine rings is 1. The van der Waals surface area contributed by atoms with Crippen molar-refractivity contribution in [3.63, 3.8) is 0 Å². The Hall–Kier alpha value is -0.120. The van der Waals surface area contributed by atoms with Gasteiger partial charge in [-0.1, -0.05) is 20.8 Å². The van der Waals surface area contributed by atoms with Gasteiger partial charge in [0.25, 0.3) is 0 Å². The minimum Gasteiger partial charge on any atom is -0.376 e. The van der Waals surface area contributed by atoms with E-state index in [1.165, 1.54) is 45.2 Å². The van der Waals surface area contributed by atoms with Crippen molar-refractivity contribution in [1.29, 1.82) is 0 Å². The van der Waals surface area contributed by atoms with Crippen molar-refractivity contribution in [3.8, 4) is 0 Å². The molecular formula is C17H34N2O. The van der Waals surface area contributed by atoms with Gasteiger partial charge in [-0.05, 0) is 44.4 Å². The normalized spacial score (nSPS) is 28.8. The summed E-state index contributed by atoms with van der Waals surface area (Å²) in [6.45, 7) is 13.7. The molecule has 3 heteroatoms. The van der Waals surface area contributed by atoms with Crippen molar-refractivity contribution in [3.05, 3.63) is 0 Å². The highest BCUT2D eigenvalue weighted by atomic mass is 16.5. The average molecular weight is 282 g/mol. The van der Waals surface area contributed by atoms with E-state index in [9.17, 15) is 0 Å². The number of nitrogens with zero attached hydrogens (tertiary/aromatic N) is 1. The summed E-state index contributed by atoms with van der Waals surface area (Å²) in [5.41, 5.74) is 0.438. The minimum absolute atomic E-state index is 0.389. The first-order valence-electron chi connectivity index (χ1n) is 8.71. The van der Waals surface area contributed by atoms with Gasteiger partial charge >= 0.3 is 0 Å². The van der Waals surface area contributed by atoms with Gasteiger partial charge < -0.3 is 10.1 Å². The molecule has 1 heterocycles. The number of hydrogen-bond acceptors (Lipinski definition) is 3. The van der Waals surface area contributed by atoms with Crippen LogP contribution in [-0.2, 0) is 4.74 Å². The molecule has 0 aromatic heterocycles. The molecule has 1 saturated carbocycles. The Balaban J connectivity index is 1.96. The van der Waals surface area contributed by atoms with E-state index >= 15 is 0 Å². The van der Waals surface area contributed by atoms with Gasteiger partial charge in [-0.25, -0.2) is 0 Å². The smallest absolute Gasteiger partial charge is 0.0674 e. The largest absolute Gasteiger partial charge is 0.376 e. The summed E-state index contributed by atoms with van der Waals surface area (Å²) in [4.78, 5) is 2.70. The molecule has 3 nitrogen and oxygen atoms in total. The van der Waals surface area contributed by atoms with Gasteiger partial charge in [0.05, 0.1) is 12.7 Å². The zero-order chi connectivity index (χ0) is 14.6. The second-order valence-corrected chi connectivity index (χ2v) is 7.00. The SMILES string of the molecule is CCC1COC(C)CN1CC(CC)(CC)CNC1CC1. The van der Waals surface area contributed by atoms with E-state index in [1.807, 2.05) is 0 Å². The van der Waals surface area contributed by atoms with E-state index in [4.69, 9.17) is 4.74 Å². The molecule has 0 radical (unpaired) electrons. The van der Waals surface area contributed by atoms with Gasteiger partial charge in [-0.15, -0.1) is 0 Å². The molecule has 0 aromatic carbocycles. The highest BCUT2D eigenvalue weighted by molar-refractivity contribution is 4.90. The summed E-state index contributed by atoms with van der Waals surface area (Å²) in [5.74, 6) is 0. The molecule has 2 fully saturated rings. The molecule has 0 bridgehead atoms. The third-order valence-electron chi connectivity index (χ3n) is 5.43. The second kappa shape index (κ2) is 7.24. The van der Waals surface area contributed by atoms with E-state index in [-0.39, 0.29) is 0 Å². The lowest BCUT2D eigenvalue weighted by Crippen LogP contribution is -2.54. The van der Waals surface area contributed by atoms with Crippen LogP contribution in [0.5, 0.6) is 0 Å². The predicted octanol–water partition coefficient (Wildman–Crippen LogP) is 3.04. The van der Waals surface area contributed by atoms with E-state index in [1.54, 1.807) is 0 Å². The third kappa shape index (κ3) is 4.19. The van der Waals surface area contributed by atoms with Crippen LogP contribution in [0.25, 0.3) is 0 Å². The van der Waals surface area contributed by atoms with Crippen molar-refractivity contribution >= 4 is 0 Å². The van der Waals surface area contributed by atoms with Crippen LogP contribution in [0.2, 0.25) is 0 Å². The monoisotopic (exact) mass is 282 g/mol. The topological polar surface area (TPSA) is 24.5 Å². The van der Waals surface area contributed by atoms with Crippen LogP contribution in [0.4, 0.5) is 0 Å². The molecule has 118 valence electrons. The second-order valence-electron chi connectivity index (χ2n) is 7.00. The fraction of sp³-hybridized carbons (Fsp3) is 1.00. The van der Waals surface area contributed by atoms with Crippen LogP contribution in [0.3, 0.4) is 0 Å². The van der Waals surface area contributed by atoms with E-state index in [2.05, 4.69) is 37.9 Å². The van der Waals surface area contributed by atoms with Gasteiger partial charge in [0.1, 0.15) is 0 Å². The quantitative estimate of drug-likeness (QED) is 0.740. The number of hydrogen-bond donors (Lipinski definition) is 1. The van der Waals surface area contributed by atoms with Crippen LogP contribution < -0.4 is 5.32 Å². The van der Waals surface area contributed by atoms with Crippen LogP contribution in [0.1, 0.15) is 59.8 Å². The predicted molar refractivity (Wildman–Crippen MR) is 85.1 cm³/mol. The van der Waals surface area contributed by atoms with Gasteiger partial charge in [-0.3, -0.25) is 4.90 Å². The fourth-order valence-electron chi connectivity index (χ4n) is 3.34. The molecular weight excluding hydrogens is 248 g/mol. The van der Waals surface area contributed by atoms with Gasteiger partial charge in [0.15, 0.2) is 0 Å². The van der Waals surface area contributed by atoms with Crippen LogP contribution >= 0.6 is 0 Å². The summed E-state index contributed by atoms with van der Waals surface area (Å²) >= 11 is 0. The fourth-order valence-corrected chi connectivity index (χ4v) is 3.34. The van der Waals surface area contributed by atoms with Crippen LogP contribution in [0.15, 0.2) is 0 Å². The van der Waals surface area contributed by atoms with Crippen LogP contribution in [-0.4, -0.2) is 49.3 Å². The zero-order valence-electron chi connectivity index (χ0n) is 14.0. The summed E-state index contributed by atoms with van der Waals surface area (Å²) < 4.78 is 5.84. The molecule has 1 saturated heterocycles. The molecule has 2 atom stereocenters. The molecule has 2 rings (SSSR count). The van der Waals surface area contributed by atoms with Gasteiger partial charge in [0, 0.05) is 31.7 Å². The summed E-state index contributed by atoms with van der Waals surface area (Å²) in [6, 6.07) is 1.43. The first kappa shape index (κ1) is 16.3. The molecule has 0 aromatic rings. The summed E-state index contributed by atoms with van der Waals surface area (Å²) in [6.07, 6.45) is 6.90. The number of nitrogens with one attached hydrogen (secondary N) is 1. The Morgan fingerprint density at radius 3 is 2.45 bits per heavy atom. The zero-order valence-corrected chi connectivity index (χ0v) is 14.0. The van der Waals surface area contributed by atoms with Crippen molar-refractivity contribution in [2.45, 2.75) is 78.0 Å². The molecule has 1 aliphatic heterocycles. The molecule has 0 amide bonds. The molecule has 1 N–H and O–H groups in total. The molecule has 0 spiro atoms. The lowest BCUT2D eigenvalue weighted by Gasteiger charge is -2.44. The number of ether oxygens (including phenoxy) is 1. The molecule has 1 aliphatic carbocycles. The minimum atomic E-state index is 0.389. The Labute approximate surface area is 125 Å². The van der Waals surface area contributed by atoms with Gasteiger partial charge in [-0.2, -0.15) is 0 Å². The highest BCUT2D eigenvalue weighted by Gasteiger charge is 2.35. The van der Waals surface area contributed by atoms with Gasteiger partial charge in [0.2, 0.25) is 0 Å². The maximum absolute atomic E-state index is 5.84. The first-order valence-corrected chi connectivity index (χ1v) is 8.71. The van der Waals surface area contributed by atoms with E-state index in [0.717, 1.165) is 19.2 Å². The van der Waals surface area contributed by atoms with Crippen molar-refractivity contribution in [2.24, 2.45) is 5.41 Å². The lowest BCUT2D eigenvalue weighted by atomic mass is 9.81. The summed E-state index contributed by atoms with van der Waals surface area (Å²) in [7, 11) is 0. The maximum Gasteiger partial charge on any atom is 0.0674 e. The molecule has 2 aliphatic rings. The Bertz CT molecular complexity index is 287.